The molecule has 0 spiro atoms. The van der Waals surface area contributed by atoms with Crippen LogP contribution in [-0.4, -0.2) is 44.9 Å². The van der Waals surface area contributed by atoms with Gasteiger partial charge in [-0.1, -0.05) is 140 Å². The quantitative estimate of drug-likeness (QED) is 0.267. The predicted octanol–water partition coefficient (Wildman–Crippen LogP) is 13.8. The van der Waals surface area contributed by atoms with E-state index in [0.29, 0.717) is 5.16 Å². The molecule has 11 atom stereocenters. The summed E-state index contributed by atoms with van der Waals surface area (Å²) in [5, 5.41) is 0.471. The van der Waals surface area contributed by atoms with Gasteiger partial charge in [0.15, 0.2) is 0 Å². The van der Waals surface area contributed by atoms with Crippen molar-refractivity contribution in [3.8, 4) is 0 Å². The molecule has 0 amide bonds. The van der Waals surface area contributed by atoms with E-state index in [1.165, 1.54) is 193 Å². The zero-order chi connectivity index (χ0) is 34.6. The van der Waals surface area contributed by atoms with Crippen molar-refractivity contribution >= 4 is 18.6 Å². The second kappa shape index (κ2) is 21.0. The normalized spacial score (nSPS) is 42.4. The van der Waals surface area contributed by atoms with Gasteiger partial charge in [0.2, 0.25) is 0 Å². The summed E-state index contributed by atoms with van der Waals surface area (Å²) in [4.78, 5) is 3.37. The molecule has 2 nitrogen and oxygen atoms in total. The number of hydrogen-bond donors (Lipinski definition) is 0. The monoisotopic (exact) mass is 717 g/mol. The fraction of sp³-hybridized carbons (Fsp3) is 1.00. The summed E-state index contributed by atoms with van der Waals surface area (Å²) in [6.45, 7) is 10.4. The highest BCUT2D eigenvalue weighted by Crippen LogP contribution is 2.45. The first-order chi connectivity index (χ1) is 23.7. The first-order valence-electron chi connectivity index (χ1n) is 22.8. The fourth-order valence-corrected chi connectivity index (χ4v) is 13.3. The van der Waals surface area contributed by atoms with Gasteiger partial charge in [-0.25, -0.2) is 0 Å². The Bertz CT molecular complexity index is 894. The van der Waals surface area contributed by atoms with E-state index >= 15 is 0 Å². The summed E-state index contributed by atoms with van der Waals surface area (Å²) in [6.07, 6.45) is 43.8. The summed E-state index contributed by atoms with van der Waals surface area (Å²) in [6, 6.07) is 3.97. The molecule has 0 aromatic heterocycles. The van der Waals surface area contributed by atoms with Gasteiger partial charge in [0, 0.05) is 30.2 Å². The lowest BCUT2D eigenvalue weighted by Crippen LogP contribution is -2.50. The second-order valence-electron chi connectivity index (χ2n) is 19.5. The van der Waals surface area contributed by atoms with Crippen molar-refractivity contribution in [1.29, 1.82) is 0 Å². The maximum Gasteiger partial charge on any atom is 0.0135 e. The van der Waals surface area contributed by atoms with Crippen LogP contribution < -0.4 is 0 Å². The lowest BCUT2D eigenvalue weighted by atomic mass is 9.72. The first kappa shape index (κ1) is 41.0. The first-order valence-corrected chi connectivity index (χ1v) is 23.9. The van der Waals surface area contributed by atoms with Gasteiger partial charge >= 0.3 is 0 Å². The lowest BCUT2D eigenvalue weighted by Gasteiger charge is -2.46. The van der Waals surface area contributed by atoms with E-state index in [0.717, 1.165) is 59.8 Å². The SMILES string of the molecule is CCC1CCCCCCC(N(P)C2CCC3CC(CC(C)C2)C(C)C2CCCCCCCC(CC2)N3C2CCCCC(C)(P)CCCC2)C1. The number of fused-ring (bicyclic) bond motifs is 5. The van der Waals surface area contributed by atoms with Crippen LogP contribution in [0.15, 0.2) is 0 Å². The van der Waals surface area contributed by atoms with Gasteiger partial charge in [-0.2, -0.15) is 0 Å². The Kier molecular flexibility index (Phi) is 17.6. The maximum absolute atomic E-state index is 3.41. The largest absolute Gasteiger partial charge is 0.294 e. The number of nitrogens with zero attached hydrogens (tertiary/aromatic N) is 2. The minimum Gasteiger partial charge on any atom is -0.294 e. The molecule has 1 heterocycles. The maximum atomic E-state index is 3.41. The zero-order valence-corrected chi connectivity index (χ0v) is 35.8. The van der Waals surface area contributed by atoms with E-state index in [-0.39, 0.29) is 0 Å². The molecule has 5 aliphatic rings. The van der Waals surface area contributed by atoms with Crippen molar-refractivity contribution in [2.75, 3.05) is 0 Å². The fourth-order valence-electron chi connectivity index (χ4n) is 12.3. The van der Waals surface area contributed by atoms with Crippen LogP contribution >= 0.6 is 18.6 Å². The molecule has 0 radical (unpaired) electrons. The van der Waals surface area contributed by atoms with Crippen LogP contribution in [0.4, 0.5) is 0 Å². The Hall–Kier alpha value is 0.780. The van der Waals surface area contributed by atoms with E-state index in [4.69, 9.17) is 0 Å². The third-order valence-corrected chi connectivity index (χ3v) is 16.9. The zero-order valence-electron chi connectivity index (χ0n) is 33.5. The summed E-state index contributed by atoms with van der Waals surface area (Å²) < 4.78 is 2.94. The molecule has 1 aliphatic heterocycles. The Balaban J connectivity index is 1.45. The molecule has 5 fully saturated rings. The van der Waals surface area contributed by atoms with Crippen molar-refractivity contribution in [2.24, 2.45) is 29.6 Å². The van der Waals surface area contributed by atoms with Gasteiger partial charge in [-0.3, -0.25) is 9.57 Å². The molecule has 4 bridgehead atoms. The molecule has 0 aromatic carbocycles. The van der Waals surface area contributed by atoms with E-state index in [1.807, 2.05) is 0 Å². The summed E-state index contributed by atoms with van der Waals surface area (Å²) in [5.41, 5.74) is 0. The minimum absolute atomic E-state index is 0.471. The van der Waals surface area contributed by atoms with Crippen molar-refractivity contribution in [1.82, 2.24) is 9.57 Å². The lowest BCUT2D eigenvalue weighted by molar-refractivity contribution is 0.0341. The summed E-state index contributed by atoms with van der Waals surface area (Å²) in [7, 11) is 6.67. The van der Waals surface area contributed by atoms with Gasteiger partial charge in [0.25, 0.3) is 0 Å². The van der Waals surface area contributed by atoms with E-state index in [2.05, 4.69) is 55.9 Å². The molecule has 0 N–H and O–H groups in total. The molecular formula is C45H86N2P2. The third-order valence-electron chi connectivity index (χ3n) is 15.5. The van der Waals surface area contributed by atoms with Crippen LogP contribution in [0.25, 0.3) is 0 Å². The highest BCUT2D eigenvalue weighted by atomic mass is 31.0. The van der Waals surface area contributed by atoms with Gasteiger partial charge in [-0.15, -0.1) is 9.24 Å². The van der Waals surface area contributed by atoms with Crippen LogP contribution in [0.5, 0.6) is 0 Å². The number of rotatable bonds is 4. The molecule has 5 rings (SSSR count). The highest BCUT2D eigenvalue weighted by Gasteiger charge is 2.41. The minimum atomic E-state index is 0.471. The molecule has 4 saturated carbocycles. The highest BCUT2D eigenvalue weighted by molar-refractivity contribution is 7.18. The topological polar surface area (TPSA) is 6.48 Å². The third kappa shape index (κ3) is 12.7. The smallest absolute Gasteiger partial charge is 0.0135 e. The summed E-state index contributed by atoms with van der Waals surface area (Å²) in [5.74, 6) is 4.55. The van der Waals surface area contributed by atoms with Crippen molar-refractivity contribution in [2.45, 2.75) is 256 Å². The number of hydrogen-bond acceptors (Lipinski definition) is 2. The van der Waals surface area contributed by atoms with Crippen LogP contribution in [0.1, 0.15) is 220 Å². The van der Waals surface area contributed by atoms with Crippen molar-refractivity contribution < 1.29 is 0 Å². The molecule has 4 aliphatic carbocycles. The Morgan fingerprint density at radius 3 is 1.80 bits per heavy atom. The molecule has 0 aromatic rings. The van der Waals surface area contributed by atoms with Gasteiger partial charge < -0.3 is 0 Å². The molecule has 4 heteroatoms. The van der Waals surface area contributed by atoms with E-state index < -0.39 is 0 Å². The van der Waals surface area contributed by atoms with Crippen LogP contribution in [0.2, 0.25) is 0 Å². The summed E-state index contributed by atoms with van der Waals surface area (Å²) >= 11 is 0. The van der Waals surface area contributed by atoms with Gasteiger partial charge in [-0.05, 0) is 125 Å². The second-order valence-corrected chi connectivity index (χ2v) is 21.5. The van der Waals surface area contributed by atoms with Gasteiger partial charge in [0.05, 0.1) is 0 Å². The molecule has 49 heavy (non-hydrogen) atoms. The van der Waals surface area contributed by atoms with E-state index in [1.54, 1.807) is 0 Å². The van der Waals surface area contributed by atoms with Crippen molar-refractivity contribution in [3.63, 3.8) is 0 Å². The molecule has 286 valence electrons. The average Bonchev–Trinajstić information content (AvgIpc) is 3.24. The molecule has 1 saturated heterocycles. The molecule has 11 unspecified atom stereocenters. The van der Waals surface area contributed by atoms with Crippen LogP contribution in [0.3, 0.4) is 0 Å². The van der Waals surface area contributed by atoms with Crippen molar-refractivity contribution in [3.05, 3.63) is 0 Å². The predicted molar refractivity (Wildman–Crippen MR) is 223 cm³/mol. The van der Waals surface area contributed by atoms with E-state index in [9.17, 15) is 0 Å². The standard InChI is InChI=1S/C45H86N2P2/c1-5-37-19-11-9-10-14-24-43(33-37)47(49)44-28-27-42-34-39(31-35(2)32-44)36(3)38-20-12-7-6-8-13-21-41(26-25-38)46(42)40-22-15-17-29-45(4,48)30-18-16-23-40/h35-44H,5-34,48-49H2,1-4H3. The average molecular weight is 717 g/mol. The Morgan fingerprint density at radius 1 is 0.551 bits per heavy atom. The van der Waals surface area contributed by atoms with Crippen LogP contribution in [0, 0.1) is 29.6 Å². The Morgan fingerprint density at radius 2 is 1.10 bits per heavy atom. The molecular weight excluding hydrogens is 630 g/mol. The Labute approximate surface area is 312 Å². The van der Waals surface area contributed by atoms with Gasteiger partial charge in [0.1, 0.15) is 0 Å². The van der Waals surface area contributed by atoms with Crippen LogP contribution in [-0.2, 0) is 0 Å².